The first-order valence-electron chi connectivity index (χ1n) is 12.3. The molecule has 3 heterocycles. The molecule has 182 valence electrons. The smallest absolute Gasteiger partial charge is 0.255 e. The molecule has 4 aromatic rings. The minimum absolute atomic E-state index is 0.0887. The molecular formula is C29H27FN4O2. The van der Waals surface area contributed by atoms with Gasteiger partial charge in [0.2, 0.25) is 5.91 Å². The Morgan fingerprint density at radius 3 is 2.42 bits per heavy atom. The molecule has 2 atom stereocenters. The number of hydrogen-bond acceptors (Lipinski definition) is 3. The van der Waals surface area contributed by atoms with Crippen LogP contribution in [0.15, 0.2) is 79.0 Å². The number of H-pyrrole nitrogens is 1. The maximum atomic E-state index is 14.3. The Morgan fingerprint density at radius 2 is 1.61 bits per heavy atom. The quantitative estimate of drug-likeness (QED) is 0.463. The van der Waals surface area contributed by atoms with Gasteiger partial charge in [0.1, 0.15) is 11.9 Å². The van der Waals surface area contributed by atoms with Crippen LogP contribution in [0.4, 0.5) is 10.1 Å². The summed E-state index contributed by atoms with van der Waals surface area (Å²) in [6.07, 6.45) is 1.95. The molecule has 1 fully saturated rings. The molecule has 0 aliphatic carbocycles. The maximum absolute atomic E-state index is 14.3. The van der Waals surface area contributed by atoms with Crippen molar-refractivity contribution in [3.05, 3.63) is 102 Å². The van der Waals surface area contributed by atoms with Gasteiger partial charge in [-0.05, 0) is 36.8 Å². The van der Waals surface area contributed by atoms with Gasteiger partial charge in [-0.2, -0.15) is 0 Å². The van der Waals surface area contributed by atoms with Crippen LogP contribution in [0, 0.1) is 5.82 Å². The van der Waals surface area contributed by atoms with E-state index in [0.717, 1.165) is 22.0 Å². The van der Waals surface area contributed by atoms with Crippen molar-refractivity contribution in [1.29, 1.82) is 0 Å². The number of nitrogens with zero attached hydrogens (tertiary/aromatic N) is 3. The summed E-state index contributed by atoms with van der Waals surface area (Å²) < 4.78 is 14.3. The van der Waals surface area contributed by atoms with Crippen LogP contribution in [0.1, 0.15) is 34.5 Å². The van der Waals surface area contributed by atoms with E-state index in [2.05, 4.69) is 4.98 Å². The molecule has 0 spiro atoms. The number of piperazine rings is 1. The van der Waals surface area contributed by atoms with Gasteiger partial charge in [-0.3, -0.25) is 9.59 Å². The minimum Gasteiger partial charge on any atom is -0.366 e. The lowest BCUT2D eigenvalue weighted by Gasteiger charge is -2.39. The molecule has 0 radical (unpaired) electrons. The zero-order valence-corrected chi connectivity index (χ0v) is 20.0. The van der Waals surface area contributed by atoms with Gasteiger partial charge in [-0.1, -0.05) is 48.5 Å². The van der Waals surface area contributed by atoms with Crippen LogP contribution in [0.3, 0.4) is 0 Å². The third-order valence-corrected chi connectivity index (χ3v) is 7.47. The Labute approximate surface area is 208 Å². The van der Waals surface area contributed by atoms with Crippen molar-refractivity contribution in [1.82, 2.24) is 14.8 Å². The van der Waals surface area contributed by atoms with E-state index >= 15 is 0 Å². The second-order valence-corrected chi connectivity index (χ2v) is 9.43. The summed E-state index contributed by atoms with van der Waals surface area (Å²) in [5, 5.41) is 1.04. The number of halogens is 1. The average Bonchev–Trinajstić information content (AvgIpc) is 3.47. The summed E-state index contributed by atoms with van der Waals surface area (Å²) in [7, 11) is 0. The molecule has 1 aromatic heterocycles. The summed E-state index contributed by atoms with van der Waals surface area (Å²) in [5.41, 5.74) is 4.08. The van der Waals surface area contributed by atoms with Gasteiger partial charge < -0.3 is 19.7 Å². The third-order valence-electron chi connectivity index (χ3n) is 7.47. The Hall–Kier alpha value is -4.13. The van der Waals surface area contributed by atoms with E-state index in [-0.39, 0.29) is 23.7 Å². The molecule has 0 bridgehead atoms. The number of fused-ring (bicyclic) bond motifs is 2. The zero-order chi connectivity index (χ0) is 24.8. The molecule has 3 aromatic carbocycles. The first kappa shape index (κ1) is 22.3. The van der Waals surface area contributed by atoms with Crippen LogP contribution in [-0.4, -0.2) is 58.8 Å². The van der Waals surface area contributed by atoms with Crippen LogP contribution in [0.5, 0.6) is 0 Å². The Balaban J connectivity index is 1.28. The molecule has 6 rings (SSSR count). The Kier molecular flexibility index (Phi) is 5.48. The van der Waals surface area contributed by atoms with Gasteiger partial charge in [0.15, 0.2) is 0 Å². The summed E-state index contributed by atoms with van der Waals surface area (Å²) in [6.45, 7) is 3.85. The van der Waals surface area contributed by atoms with E-state index in [1.165, 1.54) is 6.07 Å². The number of aromatic nitrogens is 1. The monoisotopic (exact) mass is 482 g/mol. The Bertz CT molecular complexity index is 1460. The first-order chi connectivity index (χ1) is 17.5. The molecule has 0 saturated carbocycles. The average molecular weight is 483 g/mol. The zero-order valence-electron chi connectivity index (χ0n) is 20.0. The summed E-state index contributed by atoms with van der Waals surface area (Å²) in [4.78, 5) is 36.1. The van der Waals surface area contributed by atoms with Crippen LogP contribution < -0.4 is 4.90 Å². The number of hydrogen-bond donors (Lipinski definition) is 1. The molecule has 36 heavy (non-hydrogen) atoms. The second kappa shape index (κ2) is 8.82. The molecule has 7 heteroatoms. The molecule has 0 unspecified atom stereocenters. The summed E-state index contributed by atoms with van der Waals surface area (Å²) in [5.74, 6) is -0.478. The number of aromatic amines is 1. The lowest BCUT2D eigenvalue weighted by atomic mass is 9.97. The molecule has 1 N–H and O–H groups in total. The summed E-state index contributed by atoms with van der Waals surface area (Å²) in [6, 6.07) is 21.3. The van der Waals surface area contributed by atoms with Crippen LogP contribution in [0.2, 0.25) is 0 Å². The number of rotatable bonds is 4. The van der Waals surface area contributed by atoms with E-state index in [0.29, 0.717) is 37.4 Å². The van der Waals surface area contributed by atoms with Crippen molar-refractivity contribution in [2.75, 3.05) is 31.1 Å². The first-order valence-corrected chi connectivity index (χ1v) is 12.3. The van der Waals surface area contributed by atoms with Crippen molar-refractivity contribution in [3.63, 3.8) is 0 Å². The number of anilines is 1. The molecule has 6 nitrogen and oxygen atoms in total. The number of benzene rings is 3. The highest BCUT2D eigenvalue weighted by Gasteiger charge is 2.44. The largest absolute Gasteiger partial charge is 0.366 e. The van der Waals surface area contributed by atoms with Crippen molar-refractivity contribution in [3.8, 4) is 0 Å². The molecular weight excluding hydrogens is 455 g/mol. The number of para-hydroxylation sites is 2. The fourth-order valence-corrected chi connectivity index (χ4v) is 5.63. The van der Waals surface area contributed by atoms with Crippen LogP contribution in [-0.2, 0) is 4.79 Å². The van der Waals surface area contributed by atoms with Gasteiger partial charge in [-0.25, -0.2) is 4.39 Å². The minimum atomic E-state index is -0.649. The normalized spacial score (nSPS) is 18.6. The number of carbonyl (C=O) groups excluding carboxylic acids is 2. The van der Waals surface area contributed by atoms with E-state index in [9.17, 15) is 14.0 Å². The lowest BCUT2D eigenvalue weighted by Crippen LogP contribution is -2.55. The van der Waals surface area contributed by atoms with Crippen molar-refractivity contribution >= 4 is 28.4 Å². The summed E-state index contributed by atoms with van der Waals surface area (Å²) >= 11 is 0. The number of carbonyl (C=O) groups is 2. The van der Waals surface area contributed by atoms with Crippen molar-refractivity contribution < 1.29 is 14.0 Å². The van der Waals surface area contributed by atoms with Crippen LogP contribution in [0.25, 0.3) is 10.9 Å². The molecule has 2 amide bonds. The highest BCUT2D eigenvalue weighted by Crippen LogP contribution is 2.42. The highest BCUT2D eigenvalue weighted by atomic mass is 19.1. The topological polar surface area (TPSA) is 59.7 Å². The van der Waals surface area contributed by atoms with Gasteiger partial charge >= 0.3 is 0 Å². The fraction of sp³-hybridized carbons (Fsp3) is 0.241. The fourth-order valence-electron chi connectivity index (χ4n) is 5.63. The van der Waals surface area contributed by atoms with Crippen LogP contribution >= 0.6 is 0 Å². The van der Waals surface area contributed by atoms with Gasteiger partial charge in [0.25, 0.3) is 5.91 Å². The predicted molar refractivity (Wildman–Crippen MR) is 137 cm³/mol. The van der Waals surface area contributed by atoms with E-state index in [4.69, 9.17) is 0 Å². The van der Waals surface area contributed by atoms with Gasteiger partial charge in [0.05, 0.1) is 11.7 Å². The number of amides is 2. The third kappa shape index (κ3) is 3.54. The van der Waals surface area contributed by atoms with E-state index < -0.39 is 6.04 Å². The molecule has 2 aliphatic rings. The standard InChI is InChI=1S/C29H27FN4O2/c1-19(28(35)33-16-14-32(15-17-33)26-13-7-5-11-24(26)30)34-27(21-9-2-3-10-22(21)29(34)36)23-18-31-25-12-6-4-8-20(23)25/h2-13,18-19,27,31H,14-17H2,1H3/t19-,27+/m0/s1. The molecule has 2 aliphatic heterocycles. The van der Waals surface area contributed by atoms with E-state index in [1.807, 2.05) is 72.6 Å². The number of nitrogens with one attached hydrogen (secondary N) is 1. The maximum Gasteiger partial charge on any atom is 0.255 e. The highest BCUT2D eigenvalue weighted by molar-refractivity contribution is 6.03. The van der Waals surface area contributed by atoms with Gasteiger partial charge in [0, 0.05) is 54.4 Å². The van der Waals surface area contributed by atoms with Crippen molar-refractivity contribution in [2.45, 2.75) is 19.0 Å². The SMILES string of the molecule is C[C@@H](C(=O)N1CCN(c2ccccc2F)CC1)N1C(=O)c2ccccc2[C@@H]1c1c[nH]c2ccccc12. The van der Waals surface area contributed by atoms with Gasteiger partial charge in [-0.15, -0.1) is 0 Å². The Morgan fingerprint density at radius 1 is 0.917 bits per heavy atom. The van der Waals surface area contributed by atoms with Crippen molar-refractivity contribution in [2.24, 2.45) is 0 Å². The predicted octanol–water partition coefficient (Wildman–Crippen LogP) is 4.59. The second-order valence-electron chi connectivity index (χ2n) is 9.43. The lowest BCUT2D eigenvalue weighted by molar-refractivity contribution is -0.136. The molecule has 1 saturated heterocycles. The van der Waals surface area contributed by atoms with E-state index in [1.54, 1.807) is 21.9 Å².